The maximum Gasteiger partial charge on any atom is 0.268 e. The molecule has 0 saturated carbocycles. The van der Waals surface area contributed by atoms with Crippen LogP contribution in [-0.4, -0.2) is 17.0 Å². The molecular formula is C15H13ClN2O2. The van der Waals surface area contributed by atoms with E-state index in [2.05, 4.69) is 4.98 Å². The quantitative estimate of drug-likeness (QED) is 0.798. The Labute approximate surface area is 122 Å². The molecule has 0 fully saturated rings. The zero-order chi connectivity index (χ0) is 14.1. The number of carbonyl (C=O) groups excluding carboxylic acids is 1. The van der Waals surface area contributed by atoms with Crippen molar-refractivity contribution in [2.75, 3.05) is 4.90 Å². The number of hydrogen-bond acceptors (Lipinski definition) is 3. The molecule has 0 saturated heterocycles. The lowest BCUT2D eigenvalue weighted by atomic mass is 10.1. The van der Waals surface area contributed by atoms with E-state index >= 15 is 0 Å². The first-order valence-corrected chi connectivity index (χ1v) is 6.71. The van der Waals surface area contributed by atoms with Crippen molar-refractivity contribution in [2.45, 2.75) is 19.6 Å². The molecule has 3 rings (SSSR count). The van der Waals surface area contributed by atoms with Gasteiger partial charge in [0.1, 0.15) is 10.9 Å². The van der Waals surface area contributed by atoms with Crippen LogP contribution < -0.4 is 9.64 Å². The number of hydrogen-bond donors (Lipinski definition) is 0. The van der Waals surface area contributed by atoms with Gasteiger partial charge in [-0.3, -0.25) is 4.79 Å². The summed E-state index contributed by atoms with van der Waals surface area (Å²) < 4.78 is 5.60. The van der Waals surface area contributed by atoms with Gasteiger partial charge >= 0.3 is 0 Å². The molecule has 1 aliphatic rings. The van der Waals surface area contributed by atoms with E-state index in [1.54, 1.807) is 18.0 Å². The minimum atomic E-state index is -0.500. The molecule has 1 amide bonds. The van der Waals surface area contributed by atoms with Gasteiger partial charge in [-0.05, 0) is 25.1 Å². The molecule has 1 aromatic heterocycles. The van der Waals surface area contributed by atoms with Gasteiger partial charge in [0.2, 0.25) is 0 Å². The molecule has 0 aliphatic carbocycles. The van der Waals surface area contributed by atoms with Gasteiger partial charge in [-0.15, -0.1) is 0 Å². The monoisotopic (exact) mass is 288 g/mol. The lowest BCUT2D eigenvalue weighted by Crippen LogP contribution is -2.44. The van der Waals surface area contributed by atoms with Crippen LogP contribution in [0.3, 0.4) is 0 Å². The lowest BCUT2D eigenvalue weighted by Gasteiger charge is -2.33. The zero-order valence-corrected chi connectivity index (χ0v) is 11.7. The Balaban J connectivity index is 2.00. The second-order valence-corrected chi connectivity index (χ2v) is 4.96. The summed E-state index contributed by atoms with van der Waals surface area (Å²) in [7, 11) is 0. The Kier molecular flexibility index (Phi) is 3.32. The molecule has 1 aromatic carbocycles. The van der Waals surface area contributed by atoms with Crippen molar-refractivity contribution in [1.82, 2.24) is 4.98 Å². The van der Waals surface area contributed by atoms with Crippen LogP contribution in [0.2, 0.25) is 5.15 Å². The second kappa shape index (κ2) is 5.13. The minimum absolute atomic E-state index is 0.0800. The van der Waals surface area contributed by atoms with Crippen molar-refractivity contribution in [3.63, 3.8) is 0 Å². The molecule has 0 bridgehead atoms. The fraction of sp³-hybridized carbons (Fsp3) is 0.200. The number of carbonyl (C=O) groups is 1. The summed E-state index contributed by atoms with van der Waals surface area (Å²) >= 11 is 6.07. The van der Waals surface area contributed by atoms with Crippen LogP contribution >= 0.6 is 11.6 Å². The van der Waals surface area contributed by atoms with Gasteiger partial charge in [0, 0.05) is 11.8 Å². The Bertz CT molecular complexity index is 660. The molecule has 0 spiro atoms. The van der Waals surface area contributed by atoms with E-state index in [-0.39, 0.29) is 5.91 Å². The third-order valence-corrected chi connectivity index (χ3v) is 3.58. The van der Waals surface area contributed by atoms with Gasteiger partial charge in [-0.2, -0.15) is 0 Å². The predicted octanol–water partition coefficient (Wildman–Crippen LogP) is 3.05. The number of rotatable bonds is 2. The minimum Gasteiger partial charge on any atom is -0.479 e. The summed E-state index contributed by atoms with van der Waals surface area (Å²) in [5.41, 5.74) is 1.57. The molecule has 1 aliphatic heterocycles. The summed E-state index contributed by atoms with van der Waals surface area (Å²) in [6, 6.07) is 11.2. The molecule has 1 unspecified atom stereocenters. The normalized spacial score (nSPS) is 17.6. The number of anilines is 1. The van der Waals surface area contributed by atoms with E-state index in [9.17, 15) is 4.79 Å². The van der Waals surface area contributed by atoms with Gasteiger partial charge in [0.15, 0.2) is 6.10 Å². The summed E-state index contributed by atoms with van der Waals surface area (Å²) in [6.07, 6.45) is 1.13. The van der Waals surface area contributed by atoms with Crippen molar-refractivity contribution in [3.8, 4) is 5.75 Å². The maximum absolute atomic E-state index is 12.3. The Morgan fingerprint density at radius 1 is 1.30 bits per heavy atom. The van der Waals surface area contributed by atoms with Crippen molar-refractivity contribution in [2.24, 2.45) is 0 Å². The highest BCUT2D eigenvalue weighted by Crippen LogP contribution is 2.35. The number of fused-ring (bicyclic) bond motifs is 1. The maximum atomic E-state index is 12.3. The molecule has 2 heterocycles. The number of amides is 1. The summed E-state index contributed by atoms with van der Waals surface area (Å²) in [5.74, 6) is 0.628. The molecule has 4 nitrogen and oxygen atoms in total. The number of ether oxygens (including phenoxy) is 1. The van der Waals surface area contributed by atoms with Crippen LogP contribution in [0.5, 0.6) is 5.75 Å². The van der Waals surface area contributed by atoms with Crippen molar-refractivity contribution >= 4 is 23.2 Å². The first-order valence-electron chi connectivity index (χ1n) is 6.33. The standard InChI is InChI=1S/C15H13ClN2O2/c1-10-15(19)18(9-11-5-4-8-17-14(11)16)12-6-2-3-7-13(12)20-10/h2-8,10H,9H2,1H3. The molecule has 0 radical (unpaired) electrons. The number of halogens is 1. The number of pyridine rings is 1. The van der Waals surface area contributed by atoms with E-state index in [1.807, 2.05) is 36.4 Å². The molecule has 102 valence electrons. The van der Waals surface area contributed by atoms with Crippen LogP contribution in [0.1, 0.15) is 12.5 Å². The fourth-order valence-electron chi connectivity index (χ4n) is 2.23. The van der Waals surface area contributed by atoms with Gasteiger partial charge in [0.05, 0.1) is 12.2 Å². The van der Waals surface area contributed by atoms with Crippen molar-refractivity contribution in [3.05, 3.63) is 53.3 Å². The second-order valence-electron chi connectivity index (χ2n) is 4.61. The lowest BCUT2D eigenvalue weighted by molar-refractivity contribution is -0.125. The molecule has 2 aromatic rings. The van der Waals surface area contributed by atoms with Crippen LogP contribution in [-0.2, 0) is 11.3 Å². The molecule has 5 heteroatoms. The van der Waals surface area contributed by atoms with Crippen LogP contribution in [0.4, 0.5) is 5.69 Å². The van der Waals surface area contributed by atoms with Gasteiger partial charge in [-0.1, -0.05) is 29.8 Å². The Hall–Kier alpha value is -2.07. The molecular weight excluding hydrogens is 276 g/mol. The molecule has 20 heavy (non-hydrogen) atoms. The summed E-state index contributed by atoms with van der Waals surface area (Å²) in [5, 5.41) is 0.414. The molecule has 1 atom stereocenters. The highest BCUT2D eigenvalue weighted by molar-refractivity contribution is 6.30. The number of aromatic nitrogens is 1. The summed E-state index contributed by atoms with van der Waals surface area (Å²) in [6.45, 7) is 2.13. The average Bonchev–Trinajstić information content (AvgIpc) is 2.46. The Morgan fingerprint density at radius 2 is 2.10 bits per heavy atom. The first-order chi connectivity index (χ1) is 9.66. The van der Waals surface area contributed by atoms with E-state index in [1.165, 1.54) is 0 Å². The fourth-order valence-corrected chi connectivity index (χ4v) is 2.41. The van der Waals surface area contributed by atoms with Gasteiger partial charge in [-0.25, -0.2) is 4.98 Å². The smallest absolute Gasteiger partial charge is 0.268 e. The van der Waals surface area contributed by atoms with Crippen molar-refractivity contribution < 1.29 is 9.53 Å². The number of nitrogens with zero attached hydrogens (tertiary/aromatic N) is 2. The highest BCUT2D eigenvalue weighted by Gasteiger charge is 2.31. The highest BCUT2D eigenvalue weighted by atomic mass is 35.5. The number of benzene rings is 1. The van der Waals surface area contributed by atoms with E-state index in [0.29, 0.717) is 17.4 Å². The van der Waals surface area contributed by atoms with Gasteiger partial charge in [0.25, 0.3) is 5.91 Å². The predicted molar refractivity (Wildman–Crippen MR) is 77.0 cm³/mol. The number of para-hydroxylation sites is 2. The topological polar surface area (TPSA) is 42.4 Å². The average molecular weight is 289 g/mol. The third-order valence-electron chi connectivity index (χ3n) is 3.24. The van der Waals surface area contributed by atoms with E-state index in [0.717, 1.165) is 11.3 Å². The van der Waals surface area contributed by atoms with E-state index in [4.69, 9.17) is 16.3 Å². The Morgan fingerprint density at radius 3 is 2.90 bits per heavy atom. The molecule has 0 N–H and O–H groups in total. The van der Waals surface area contributed by atoms with Crippen LogP contribution in [0.25, 0.3) is 0 Å². The van der Waals surface area contributed by atoms with E-state index < -0.39 is 6.10 Å². The van der Waals surface area contributed by atoms with Crippen molar-refractivity contribution in [1.29, 1.82) is 0 Å². The largest absolute Gasteiger partial charge is 0.479 e. The summed E-state index contributed by atoms with van der Waals surface area (Å²) in [4.78, 5) is 18.1. The third kappa shape index (κ3) is 2.23. The van der Waals surface area contributed by atoms with Crippen LogP contribution in [0.15, 0.2) is 42.6 Å². The zero-order valence-electron chi connectivity index (χ0n) is 10.9. The first kappa shape index (κ1) is 12.9. The van der Waals surface area contributed by atoms with Crippen LogP contribution in [0, 0.1) is 0 Å². The SMILES string of the molecule is CC1Oc2ccccc2N(Cc2cccnc2Cl)C1=O. The van der Waals surface area contributed by atoms with Gasteiger partial charge < -0.3 is 9.64 Å².